The van der Waals surface area contributed by atoms with Crippen LogP contribution in [0, 0.1) is 11.8 Å². The van der Waals surface area contributed by atoms with Crippen LogP contribution >= 0.6 is 0 Å². The minimum atomic E-state index is -3.34. The number of fused-ring (bicyclic) bond motifs is 3. The molecule has 33 heavy (non-hydrogen) atoms. The van der Waals surface area contributed by atoms with Gasteiger partial charge in [-0.1, -0.05) is 48.5 Å². The average molecular weight is 460 g/mol. The standard InChI is InChI=1S/C23H22F2N2O6/c1-27(33-12-19(28)29)21(30)20-18(23(20,24)25)10-26-22(31)32-11-17-15-8-4-2-6-13(15)14-7-3-5-9-16(14)17/h2-9,17-18,20H,10-12H2,1H3,(H,26,31)(H,28,29)/t18-,20-/m0/s1. The van der Waals surface area contributed by atoms with Crippen molar-refractivity contribution in [2.75, 3.05) is 26.8 Å². The molecule has 174 valence electrons. The molecule has 2 aliphatic carbocycles. The third kappa shape index (κ3) is 4.38. The van der Waals surface area contributed by atoms with Crippen LogP contribution in [-0.2, 0) is 19.2 Å². The van der Waals surface area contributed by atoms with Crippen LogP contribution in [0.5, 0.6) is 0 Å². The number of hydroxylamine groups is 2. The van der Waals surface area contributed by atoms with Gasteiger partial charge in [0.2, 0.25) is 0 Å². The van der Waals surface area contributed by atoms with E-state index in [4.69, 9.17) is 9.84 Å². The van der Waals surface area contributed by atoms with E-state index in [1.165, 1.54) is 0 Å². The van der Waals surface area contributed by atoms with Crippen LogP contribution in [0.3, 0.4) is 0 Å². The van der Waals surface area contributed by atoms with E-state index in [0.29, 0.717) is 5.06 Å². The van der Waals surface area contributed by atoms with Crippen LogP contribution in [-0.4, -0.2) is 60.9 Å². The summed E-state index contributed by atoms with van der Waals surface area (Å²) in [5.41, 5.74) is 4.18. The summed E-state index contributed by atoms with van der Waals surface area (Å²) in [6.45, 7) is -1.26. The summed E-state index contributed by atoms with van der Waals surface area (Å²) in [7, 11) is 1.07. The van der Waals surface area contributed by atoms with E-state index in [1.807, 2.05) is 48.5 Å². The van der Waals surface area contributed by atoms with Crippen molar-refractivity contribution in [1.29, 1.82) is 0 Å². The second-order valence-electron chi connectivity index (χ2n) is 7.97. The Kier molecular flexibility index (Phi) is 6.03. The number of ether oxygens (including phenoxy) is 1. The lowest BCUT2D eigenvalue weighted by Gasteiger charge is -2.15. The van der Waals surface area contributed by atoms with Crippen molar-refractivity contribution in [3.05, 3.63) is 59.7 Å². The Balaban J connectivity index is 1.31. The van der Waals surface area contributed by atoms with Crippen LogP contribution < -0.4 is 5.32 Å². The Bertz CT molecular complexity index is 1050. The minimum absolute atomic E-state index is 0.0368. The molecule has 4 rings (SSSR count). The summed E-state index contributed by atoms with van der Waals surface area (Å²) >= 11 is 0. The molecule has 0 heterocycles. The van der Waals surface area contributed by atoms with Crippen molar-refractivity contribution in [3.63, 3.8) is 0 Å². The molecule has 2 amide bonds. The van der Waals surface area contributed by atoms with Crippen LogP contribution in [0.1, 0.15) is 17.0 Å². The van der Waals surface area contributed by atoms with E-state index in [-0.39, 0.29) is 12.5 Å². The first kappa shape index (κ1) is 22.7. The maximum atomic E-state index is 14.1. The zero-order valence-corrected chi connectivity index (χ0v) is 17.7. The van der Waals surface area contributed by atoms with Gasteiger partial charge in [0, 0.05) is 19.5 Å². The second-order valence-corrected chi connectivity index (χ2v) is 7.97. The maximum Gasteiger partial charge on any atom is 0.407 e. The number of nitrogens with zero attached hydrogens (tertiary/aromatic N) is 1. The fraction of sp³-hybridized carbons (Fsp3) is 0.348. The minimum Gasteiger partial charge on any atom is -0.479 e. The molecule has 2 aliphatic rings. The second kappa shape index (κ2) is 8.78. The molecule has 2 atom stereocenters. The molecule has 1 fully saturated rings. The number of carboxylic acid groups (broad SMARTS) is 1. The zero-order valence-electron chi connectivity index (χ0n) is 17.7. The van der Waals surface area contributed by atoms with Gasteiger partial charge in [-0.05, 0) is 22.3 Å². The molecule has 0 radical (unpaired) electrons. The lowest BCUT2D eigenvalue weighted by molar-refractivity contribution is -0.188. The normalized spacial score (nSPS) is 19.8. The molecule has 2 N–H and O–H groups in total. The predicted octanol–water partition coefficient (Wildman–Crippen LogP) is 2.88. The molecule has 0 aromatic heterocycles. The summed E-state index contributed by atoms with van der Waals surface area (Å²) in [4.78, 5) is 39.4. The van der Waals surface area contributed by atoms with Gasteiger partial charge in [-0.3, -0.25) is 9.63 Å². The maximum absolute atomic E-state index is 14.1. The summed E-state index contributed by atoms with van der Waals surface area (Å²) in [6, 6.07) is 15.6. The highest BCUT2D eigenvalue weighted by Crippen LogP contribution is 2.55. The van der Waals surface area contributed by atoms with Gasteiger partial charge in [0.05, 0.1) is 5.92 Å². The summed E-state index contributed by atoms with van der Waals surface area (Å²) in [5, 5.41) is 11.3. The first-order chi connectivity index (χ1) is 15.7. The molecule has 2 aromatic carbocycles. The smallest absolute Gasteiger partial charge is 0.407 e. The number of rotatable bonds is 8. The molecule has 0 saturated heterocycles. The van der Waals surface area contributed by atoms with E-state index in [9.17, 15) is 23.2 Å². The Morgan fingerprint density at radius 2 is 1.64 bits per heavy atom. The molecule has 10 heteroatoms. The van der Waals surface area contributed by atoms with Gasteiger partial charge in [-0.25, -0.2) is 23.4 Å². The lowest BCUT2D eigenvalue weighted by atomic mass is 9.98. The quantitative estimate of drug-likeness (QED) is 0.587. The average Bonchev–Trinajstić information content (AvgIpc) is 3.20. The van der Waals surface area contributed by atoms with Crippen molar-refractivity contribution in [2.24, 2.45) is 11.8 Å². The number of hydrogen-bond donors (Lipinski definition) is 2. The summed E-state index contributed by atoms with van der Waals surface area (Å²) in [6.07, 6.45) is -0.860. The van der Waals surface area contributed by atoms with Crippen molar-refractivity contribution in [2.45, 2.75) is 11.8 Å². The highest BCUT2D eigenvalue weighted by atomic mass is 19.3. The van der Waals surface area contributed by atoms with E-state index in [0.717, 1.165) is 29.3 Å². The van der Waals surface area contributed by atoms with Gasteiger partial charge in [-0.15, -0.1) is 0 Å². The summed E-state index contributed by atoms with van der Waals surface area (Å²) < 4.78 is 33.5. The van der Waals surface area contributed by atoms with Crippen LogP contribution in [0.2, 0.25) is 0 Å². The van der Waals surface area contributed by atoms with Gasteiger partial charge < -0.3 is 15.2 Å². The van der Waals surface area contributed by atoms with Gasteiger partial charge >= 0.3 is 12.1 Å². The Morgan fingerprint density at radius 1 is 1.06 bits per heavy atom. The SMILES string of the molecule is CN(OCC(=O)O)C(=O)[C@@H]1[C@H](CNC(=O)OCC2c3ccccc3-c3ccccc32)C1(F)F. The van der Waals surface area contributed by atoms with E-state index in [2.05, 4.69) is 10.2 Å². The number of alkyl carbamates (subject to hydrolysis) is 1. The number of benzene rings is 2. The Hall–Kier alpha value is -3.53. The van der Waals surface area contributed by atoms with Crippen molar-refractivity contribution in [3.8, 4) is 11.1 Å². The summed E-state index contributed by atoms with van der Waals surface area (Å²) in [5.74, 6) is -9.04. The van der Waals surface area contributed by atoms with Crippen LogP contribution in [0.4, 0.5) is 13.6 Å². The number of alkyl halides is 2. The molecule has 0 unspecified atom stereocenters. The number of carbonyl (C=O) groups excluding carboxylic acids is 2. The van der Waals surface area contributed by atoms with E-state index >= 15 is 0 Å². The third-order valence-electron chi connectivity index (χ3n) is 5.97. The monoisotopic (exact) mass is 460 g/mol. The van der Waals surface area contributed by atoms with E-state index in [1.54, 1.807) is 0 Å². The predicted molar refractivity (Wildman–Crippen MR) is 111 cm³/mol. The van der Waals surface area contributed by atoms with Crippen molar-refractivity contribution in [1.82, 2.24) is 10.4 Å². The number of nitrogens with one attached hydrogen (secondary N) is 1. The first-order valence-corrected chi connectivity index (χ1v) is 10.3. The zero-order chi connectivity index (χ0) is 23.8. The van der Waals surface area contributed by atoms with Gasteiger partial charge in [-0.2, -0.15) is 0 Å². The molecule has 1 saturated carbocycles. The molecule has 2 aromatic rings. The molecular weight excluding hydrogens is 438 g/mol. The number of carboxylic acids is 1. The van der Waals surface area contributed by atoms with E-state index < -0.39 is 48.9 Å². The fourth-order valence-electron chi connectivity index (χ4n) is 4.24. The van der Waals surface area contributed by atoms with Crippen LogP contribution in [0.25, 0.3) is 11.1 Å². The first-order valence-electron chi connectivity index (χ1n) is 10.3. The highest BCUT2D eigenvalue weighted by Gasteiger charge is 2.72. The molecule has 8 nitrogen and oxygen atoms in total. The Morgan fingerprint density at radius 3 is 2.21 bits per heavy atom. The molecule has 0 bridgehead atoms. The molecule has 0 spiro atoms. The van der Waals surface area contributed by atoms with Gasteiger partial charge in [0.15, 0.2) is 6.61 Å². The number of aliphatic carboxylic acids is 1. The third-order valence-corrected chi connectivity index (χ3v) is 5.97. The van der Waals surface area contributed by atoms with Gasteiger partial charge in [0.1, 0.15) is 12.5 Å². The number of amides is 2. The molecular formula is C23H22F2N2O6. The van der Waals surface area contributed by atoms with Crippen molar-refractivity contribution < 1.29 is 37.8 Å². The number of hydrogen-bond acceptors (Lipinski definition) is 5. The van der Waals surface area contributed by atoms with Crippen molar-refractivity contribution >= 4 is 18.0 Å². The number of carbonyl (C=O) groups is 3. The fourth-order valence-corrected chi connectivity index (χ4v) is 4.24. The highest BCUT2D eigenvalue weighted by molar-refractivity contribution is 5.83. The topological polar surface area (TPSA) is 105 Å². The molecule has 0 aliphatic heterocycles. The lowest BCUT2D eigenvalue weighted by Crippen LogP contribution is -2.33. The largest absolute Gasteiger partial charge is 0.479 e. The van der Waals surface area contributed by atoms with Crippen LogP contribution in [0.15, 0.2) is 48.5 Å². The number of halogens is 2. The van der Waals surface area contributed by atoms with Gasteiger partial charge in [0.25, 0.3) is 11.8 Å². The Labute approximate surface area is 188 Å².